The van der Waals surface area contributed by atoms with Gasteiger partial charge >= 0.3 is 6.03 Å². The molecule has 1 heterocycles. The molecule has 108 valence electrons. The minimum Gasteiger partial charge on any atom is -0.390 e. The van der Waals surface area contributed by atoms with E-state index in [0.29, 0.717) is 19.5 Å². The molecule has 0 spiro atoms. The van der Waals surface area contributed by atoms with E-state index in [9.17, 15) is 14.7 Å². The van der Waals surface area contributed by atoms with Crippen molar-refractivity contribution in [2.45, 2.75) is 31.8 Å². The Kier molecular flexibility index (Phi) is 5.98. The molecule has 0 aromatic carbocycles. The smallest absolute Gasteiger partial charge is 0.321 e. The molecule has 0 radical (unpaired) electrons. The third-order valence-corrected chi connectivity index (χ3v) is 3.18. The average Bonchev–Trinajstić information content (AvgIpc) is 2.48. The first-order valence-electron chi connectivity index (χ1n) is 6.56. The molecule has 0 aromatic heterocycles. The predicted octanol–water partition coefficient (Wildman–Crippen LogP) is 0.235. The van der Waals surface area contributed by atoms with Gasteiger partial charge in [0, 0.05) is 13.1 Å². The van der Waals surface area contributed by atoms with E-state index in [2.05, 4.69) is 17.2 Å². The number of imide groups is 1. The van der Waals surface area contributed by atoms with E-state index in [1.54, 1.807) is 6.08 Å². The van der Waals surface area contributed by atoms with Crippen molar-refractivity contribution >= 4 is 11.9 Å². The number of nitrogens with zero attached hydrogens (tertiary/aromatic N) is 1. The molecule has 0 saturated carbocycles. The van der Waals surface area contributed by atoms with Crippen molar-refractivity contribution in [2.75, 3.05) is 26.2 Å². The number of urea groups is 1. The van der Waals surface area contributed by atoms with Gasteiger partial charge in [-0.15, -0.1) is 6.58 Å². The first kappa shape index (κ1) is 15.7. The van der Waals surface area contributed by atoms with Crippen LogP contribution in [0, 0.1) is 0 Å². The van der Waals surface area contributed by atoms with Gasteiger partial charge in [-0.25, -0.2) is 4.79 Å². The monoisotopic (exact) mass is 269 g/mol. The number of amides is 3. The lowest BCUT2D eigenvalue weighted by Gasteiger charge is -2.21. The molecule has 3 N–H and O–H groups in total. The van der Waals surface area contributed by atoms with Gasteiger partial charge in [-0.3, -0.25) is 15.0 Å². The van der Waals surface area contributed by atoms with Crippen molar-refractivity contribution in [3.63, 3.8) is 0 Å². The first-order valence-corrected chi connectivity index (χ1v) is 6.56. The summed E-state index contributed by atoms with van der Waals surface area (Å²) in [7, 11) is 0. The van der Waals surface area contributed by atoms with Gasteiger partial charge in [0.1, 0.15) is 0 Å². The van der Waals surface area contributed by atoms with Crippen LogP contribution in [0.15, 0.2) is 12.7 Å². The van der Waals surface area contributed by atoms with Gasteiger partial charge in [0.15, 0.2) is 0 Å². The molecule has 1 aliphatic heterocycles. The molecule has 1 atom stereocenters. The van der Waals surface area contributed by atoms with Crippen LogP contribution in [0.3, 0.4) is 0 Å². The van der Waals surface area contributed by atoms with Gasteiger partial charge in [-0.05, 0) is 32.7 Å². The highest BCUT2D eigenvalue weighted by Crippen LogP contribution is 2.20. The van der Waals surface area contributed by atoms with Crippen molar-refractivity contribution in [1.29, 1.82) is 0 Å². The van der Waals surface area contributed by atoms with Gasteiger partial charge in [-0.2, -0.15) is 0 Å². The summed E-state index contributed by atoms with van der Waals surface area (Å²) < 4.78 is 0. The highest BCUT2D eigenvalue weighted by molar-refractivity contribution is 5.95. The summed E-state index contributed by atoms with van der Waals surface area (Å²) in [4.78, 5) is 24.9. The molecule has 1 unspecified atom stereocenters. The second-order valence-corrected chi connectivity index (χ2v) is 5.17. The summed E-state index contributed by atoms with van der Waals surface area (Å²) in [6.45, 7) is 7.22. The lowest BCUT2D eigenvalue weighted by Crippen LogP contribution is -2.44. The molecule has 1 rings (SSSR count). The number of rotatable bonds is 4. The Labute approximate surface area is 113 Å². The number of likely N-dealkylation sites (tertiary alicyclic amines) is 1. The normalized spacial score (nSPS) is 24.3. The molecule has 1 aliphatic rings. The van der Waals surface area contributed by atoms with Crippen molar-refractivity contribution < 1.29 is 14.7 Å². The maximum Gasteiger partial charge on any atom is 0.321 e. The van der Waals surface area contributed by atoms with Crippen LogP contribution in [0.4, 0.5) is 4.79 Å². The van der Waals surface area contributed by atoms with Crippen molar-refractivity contribution in [2.24, 2.45) is 0 Å². The van der Waals surface area contributed by atoms with Gasteiger partial charge in [-0.1, -0.05) is 6.08 Å². The fourth-order valence-electron chi connectivity index (χ4n) is 2.06. The Hall–Kier alpha value is -1.40. The van der Waals surface area contributed by atoms with E-state index in [4.69, 9.17) is 0 Å². The summed E-state index contributed by atoms with van der Waals surface area (Å²) >= 11 is 0. The van der Waals surface area contributed by atoms with Crippen LogP contribution in [0.5, 0.6) is 0 Å². The van der Waals surface area contributed by atoms with Crippen molar-refractivity contribution in [1.82, 2.24) is 15.5 Å². The molecule has 0 aromatic rings. The van der Waals surface area contributed by atoms with Crippen LogP contribution in [0.2, 0.25) is 0 Å². The third kappa shape index (κ3) is 6.35. The molecule has 0 bridgehead atoms. The van der Waals surface area contributed by atoms with Crippen LogP contribution >= 0.6 is 0 Å². The maximum absolute atomic E-state index is 11.7. The number of carbonyl (C=O) groups excluding carboxylic acids is 2. The number of nitrogens with one attached hydrogen (secondary N) is 2. The molecule has 3 amide bonds. The largest absolute Gasteiger partial charge is 0.390 e. The molecule has 1 fully saturated rings. The van der Waals surface area contributed by atoms with Gasteiger partial charge in [0.25, 0.3) is 0 Å². The molecule has 19 heavy (non-hydrogen) atoms. The quantitative estimate of drug-likeness (QED) is 0.638. The highest BCUT2D eigenvalue weighted by atomic mass is 16.3. The van der Waals surface area contributed by atoms with Gasteiger partial charge in [0.2, 0.25) is 5.91 Å². The molecular weight excluding hydrogens is 246 g/mol. The Morgan fingerprint density at radius 1 is 1.42 bits per heavy atom. The van der Waals surface area contributed by atoms with Crippen LogP contribution in [0.1, 0.15) is 26.2 Å². The SMILES string of the molecule is C=CCNC(=O)NC(=O)CN1CCCC(C)(O)CC1. The zero-order chi connectivity index (χ0) is 14.3. The molecule has 6 heteroatoms. The number of hydrogen-bond acceptors (Lipinski definition) is 4. The zero-order valence-corrected chi connectivity index (χ0v) is 11.4. The average molecular weight is 269 g/mol. The van der Waals surface area contributed by atoms with E-state index >= 15 is 0 Å². The summed E-state index contributed by atoms with van der Waals surface area (Å²) in [5.41, 5.74) is -0.646. The topological polar surface area (TPSA) is 81.7 Å². The fourth-order valence-corrected chi connectivity index (χ4v) is 2.06. The van der Waals surface area contributed by atoms with E-state index in [1.165, 1.54) is 0 Å². The standard InChI is InChI=1S/C13H23N3O3/c1-3-7-14-12(18)15-11(17)10-16-8-4-5-13(2,19)6-9-16/h3,19H,1,4-10H2,2H3,(H2,14,15,17,18). The van der Waals surface area contributed by atoms with Gasteiger partial charge in [0.05, 0.1) is 12.1 Å². The first-order chi connectivity index (χ1) is 8.93. The predicted molar refractivity (Wildman–Crippen MR) is 72.7 cm³/mol. The minimum atomic E-state index is -0.646. The highest BCUT2D eigenvalue weighted by Gasteiger charge is 2.25. The second-order valence-electron chi connectivity index (χ2n) is 5.17. The molecule has 6 nitrogen and oxygen atoms in total. The lowest BCUT2D eigenvalue weighted by molar-refractivity contribution is -0.121. The summed E-state index contributed by atoms with van der Waals surface area (Å²) in [6, 6.07) is -0.508. The summed E-state index contributed by atoms with van der Waals surface area (Å²) in [5.74, 6) is -0.330. The van der Waals surface area contributed by atoms with Crippen LogP contribution in [0.25, 0.3) is 0 Å². The van der Waals surface area contributed by atoms with E-state index < -0.39 is 11.6 Å². The Bertz CT molecular complexity index is 342. The lowest BCUT2D eigenvalue weighted by atomic mass is 9.98. The summed E-state index contributed by atoms with van der Waals surface area (Å²) in [6.07, 6.45) is 3.78. The molecule has 0 aliphatic carbocycles. The Morgan fingerprint density at radius 3 is 2.84 bits per heavy atom. The van der Waals surface area contributed by atoms with E-state index in [1.807, 2.05) is 11.8 Å². The summed E-state index contributed by atoms with van der Waals surface area (Å²) in [5, 5.41) is 14.7. The third-order valence-electron chi connectivity index (χ3n) is 3.18. The minimum absolute atomic E-state index is 0.178. The fraction of sp³-hybridized carbons (Fsp3) is 0.692. The van der Waals surface area contributed by atoms with Gasteiger partial charge < -0.3 is 10.4 Å². The maximum atomic E-state index is 11.7. The number of hydrogen-bond donors (Lipinski definition) is 3. The van der Waals surface area contributed by atoms with Crippen LogP contribution in [-0.2, 0) is 4.79 Å². The second kappa shape index (κ2) is 7.25. The molecular formula is C13H23N3O3. The number of carbonyl (C=O) groups is 2. The van der Waals surface area contributed by atoms with Crippen molar-refractivity contribution in [3.05, 3.63) is 12.7 Å². The van der Waals surface area contributed by atoms with E-state index in [0.717, 1.165) is 19.4 Å². The van der Waals surface area contributed by atoms with Crippen molar-refractivity contribution in [3.8, 4) is 0 Å². The number of aliphatic hydroxyl groups is 1. The van der Waals surface area contributed by atoms with E-state index in [-0.39, 0.29) is 12.5 Å². The van der Waals surface area contributed by atoms with Crippen LogP contribution < -0.4 is 10.6 Å². The molecule has 1 saturated heterocycles. The van der Waals surface area contributed by atoms with Crippen LogP contribution in [-0.4, -0.2) is 53.7 Å². The zero-order valence-electron chi connectivity index (χ0n) is 11.4. The Balaban J connectivity index is 2.32. The Morgan fingerprint density at radius 2 is 2.16 bits per heavy atom.